The molecule has 0 saturated carbocycles. The van der Waals surface area contributed by atoms with Gasteiger partial charge in [0, 0.05) is 6.92 Å². The lowest BCUT2D eigenvalue weighted by Crippen LogP contribution is -2.50. The largest absolute Gasteiger partial charge is 0.451 e. The van der Waals surface area contributed by atoms with Gasteiger partial charge < -0.3 is 14.8 Å². The lowest BCUT2D eigenvalue weighted by molar-refractivity contribution is -0.189. The average Bonchev–Trinajstić information content (AvgIpc) is 2.48. The van der Waals surface area contributed by atoms with E-state index in [1.165, 1.54) is 0 Å². The minimum absolute atomic E-state index is 0.299. The summed E-state index contributed by atoms with van der Waals surface area (Å²) >= 11 is 0. The molecule has 1 heterocycles. The van der Waals surface area contributed by atoms with Crippen molar-refractivity contribution in [3.8, 4) is 5.75 Å². The van der Waals surface area contributed by atoms with Crippen molar-refractivity contribution in [1.29, 1.82) is 0 Å². The zero-order valence-corrected chi connectivity index (χ0v) is 11.1. The second kappa shape index (κ2) is 4.98. The Morgan fingerprint density at radius 2 is 1.80 bits per heavy atom. The van der Waals surface area contributed by atoms with Crippen molar-refractivity contribution in [2.45, 2.75) is 19.3 Å². The molecular formula is C16H15NO3. The first-order chi connectivity index (χ1) is 9.67. The molecule has 1 aliphatic heterocycles. The second-order valence-corrected chi connectivity index (χ2v) is 4.77. The monoisotopic (exact) mass is 269 g/mol. The number of benzene rings is 2. The second-order valence-electron chi connectivity index (χ2n) is 4.77. The zero-order valence-electron chi connectivity index (χ0n) is 11.1. The SMILES string of the molecule is C[C@@]1(OCc2ccccc2)Oc2ccccc2NC1=O. The molecule has 0 saturated heterocycles. The number of anilines is 1. The van der Waals surface area contributed by atoms with Gasteiger partial charge in [0.05, 0.1) is 12.3 Å². The topological polar surface area (TPSA) is 47.6 Å². The number of hydrogen-bond acceptors (Lipinski definition) is 3. The maximum Gasteiger partial charge on any atom is 0.297 e. The summed E-state index contributed by atoms with van der Waals surface area (Å²) < 4.78 is 11.4. The van der Waals surface area contributed by atoms with E-state index in [0.717, 1.165) is 5.56 Å². The number of para-hydroxylation sites is 2. The van der Waals surface area contributed by atoms with Crippen molar-refractivity contribution >= 4 is 11.6 Å². The summed E-state index contributed by atoms with van der Waals surface area (Å²) in [5.74, 6) is -1.00. The van der Waals surface area contributed by atoms with Crippen LogP contribution in [0.1, 0.15) is 12.5 Å². The lowest BCUT2D eigenvalue weighted by atomic mass is 10.2. The number of carbonyl (C=O) groups is 1. The Hall–Kier alpha value is -2.33. The predicted octanol–water partition coefficient (Wildman–Crippen LogP) is 2.95. The van der Waals surface area contributed by atoms with E-state index in [2.05, 4.69) is 5.32 Å². The molecule has 3 rings (SSSR count). The molecule has 1 atom stereocenters. The highest BCUT2D eigenvalue weighted by Gasteiger charge is 2.41. The number of ether oxygens (including phenoxy) is 2. The molecule has 1 N–H and O–H groups in total. The molecule has 20 heavy (non-hydrogen) atoms. The molecule has 0 radical (unpaired) electrons. The number of nitrogens with one attached hydrogen (secondary N) is 1. The van der Waals surface area contributed by atoms with Crippen LogP contribution in [0.2, 0.25) is 0 Å². The molecule has 2 aromatic rings. The van der Waals surface area contributed by atoms with Crippen LogP contribution in [0.25, 0.3) is 0 Å². The fourth-order valence-corrected chi connectivity index (χ4v) is 2.04. The molecule has 0 aliphatic carbocycles. The number of amides is 1. The lowest BCUT2D eigenvalue weighted by Gasteiger charge is -2.34. The molecule has 0 unspecified atom stereocenters. The summed E-state index contributed by atoms with van der Waals surface area (Å²) in [6, 6.07) is 17.0. The standard InChI is InChI=1S/C16H15NO3/c1-16(19-11-12-7-3-2-4-8-12)15(18)17-13-9-5-6-10-14(13)20-16/h2-10H,11H2,1H3,(H,17,18)/t16-/m1/s1. The summed E-state index contributed by atoms with van der Waals surface area (Å²) in [6.07, 6.45) is 0. The van der Waals surface area contributed by atoms with Gasteiger partial charge in [-0.05, 0) is 17.7 Å². The maximum atomic E-state index is 12.1. The van der Waals surface area contributed by atoms with Gasteiger partial charge in [-0.15, -0.1) is 0 Å². The summed E-state index contributed by atoms with van der Waals surface area (Å²) in [4.78, 5) is 12.1. The third-order valence-electron chi connectivity index (χ3n) is 3.21. The van der Waals surface area contributed by atoms with Gasteiger partial charge in [0.15, 0.2) is 0 Å². The van der Waals surface area contributed by atoms with Crippen LogP contribution in [0.4, 0.5) is 5.69 Å². The zero-order chi connectivity index (χ0) is 14.0. The van der Waals surface area contributed by atoms with Crippen LogP contribution < -0.4 is 10.1 Å². The number of carbonyl (C=O) groups excluding carboxylic acids is 1. The molecule has 2 aromatic carbocycles. The fraction of sp³-hybridized carbons (Fsp3) is 0.188. The van der Waals surface area contributed by atoms with Crippen molar-refractivity contribution in [2.75, 3.05) is 5.32 Å². The van der Waals surface area contributed by atoms with E-state index < -0.39 is 5.79 Å². The summed E-state index contributed by atoms with van der Waals surface area (Å²) in [7, 11) is 0. The Kier molecular flexibility index (Phi) is 3.16. The Balaban J connectivity index is 1.77. The molecule has 0 spiro atoms. The minimum Gasteiger partial charge on any atom is -0.451 e. The normalized spacial score (nSPS) is 20.8. The van der Waals surface area contributed by atoms with Gasteiger partial charge in [0.2, 0.25) is 0 Å². The van der Waals surface area contributed by atoms with E-state index in [1.807, 2.05) is 42.5 Å². The van der Waals surface area contributed by atoms with E-state index in [0.29, 0.717) is 18.0 Å². The van der Waals surface area contributed by atoms with Crippen LogP contribution in [0.5, 0.6) is 5.75 Å². The average molecular weight is 269 g/mol. The summed E-state index contributed by atoms with van der Waals surface area (Å²) in [5, 5.41) is 2.80. The van der Waals surface area contributed by atoms with Gasteiger partial charge in [-0.25, -0.2) is 0 Å². The maximum absolute atomic E-state index is 12.1. The molecule has 1 aliphatic rings. The highest BCUT2D eigenvalue weighted by Crippen LogP contribution is 2.34. The molecule has 0 fully saturated rings. The smallest absolute Gasteiger partial charge is 0.297 e. The van der Waals surface area contributed by atoms with Crippen LogP contribution in [0.15, 0.2) is 54.6 Å². The van der Waals surface area contributed by atoms with Crippen molar-refractivity contribution in [1.82, 2.24) is 0 Å². The predicted molar refractivity (Wildman–Crippen MR) is 75.3 cm³/mol. The van der Waals surface area contributed by atoms with E-state index in [4.69, 9.17) is 9.47 Å². The minimum atomic E-state index is -1.32. The van der Waals surface area contributed by atoms with Crippen molar-refractivity contribution < 1.29 is 14.3 Å². The third kappa shape index (κ3) is 2.38. The first-order valence-corrected chi connectivity index (χ1v) is 6.45. The van der Waals surface area contributed by atoms with E-state index >= 15 is 0 Å². The van der Waals surface area contributed by atoms with Gasteiger partial charge in [-0.2, -0.15) is 0 Å². The Morgan fingerprint density at radius 1 is 1.10 bits per heavy atom. The molecule has 4 nitrogen and oxygen atoms in total. The number of rotatable bonds is 3. The van der Waals surface area contributed by atoms with Gasteiger partial charge in [0.25, 0.3) is 11.7 Å². The highest BCUT2D eigenvalue weighted by atomic mass is 16.7. The quantitative estimate of drug-likeness (QED) is 0.932. The van der Waals surface area contributed by atoms with Gasteiger partial charge >= 0.3 is 0 Å². The molecule has 0 bridgehead atoms. The van der Waals surface area contributed by atoms with Crippen LogP contribution in [0.3, 0.4) is 0 Å². The third-order valence-corrected chi connectivity index (χ3v) is 3.21. The van der Waals surface area contributed by atoms with Crippen LogP contribution in [-0.2, 0) is 16.1 Å². The van der Waals surface area contributed by atoms with Crippen molar-refractivity contribution in [3.05, 3.63) is 60.2 Å². The van der Waals surface area contributed by atoms with Crippen LogP contribution >= 0.6 is 0 Å². The number of hydrogen-bond donors (Lipinski definition) is 1. The van der Waals surface area contributed by atoms with E-state index in [9.17, 15) is 4.79 Å². The first-order valence-electron chi connectivity index (χ1n) is 6.45. The van der Waals surface area contributed by atoms with Gasteiger partial charge in [0.1, 0.15) is 5.75 Å². The summed E-state index contributed by atoms with van der Waals surface area (Å²) in [5.41, 5.74) is 1.65. The molecule has 1 amide bonds. The molecule has 4 heteroatoms. The van der Waals surface area contributed by atoms with Crippen LogP contribution in [0, 0.1) is 0 Å². The molecule has 0 aromatic heterocycles. The van der Waals surface area contributed by atoms with E-state index in [-0.39, 0.29) is 5.91 Å². The Labute approximate surface area is 117 Å². The first kappa shape index (κ1) is 12.7. The molecular weight excluding hydrogens is 254 g/mol. The van der Waals surface area contributed by atoms with Crippen LogP contribution in [-0.4, -0.2) is 11.7 Å². The van der Waals surface area contributed by atoms with Crippen molar-refractivity contribution in [3.63, 3.8) is 0 Å². The Morgan fingerprint density at radius 3 is 2.60 bits per heavy atom. The number of fused-ring (bicyclic) bond motifs is 1. The van der Waals surface area contributed by atoms with E-state index in [1.54, 1.807) is 19.1 Å². The Bertz CT molecular complexity index is 627. The highest BCUT2D eigenvalue weighted by molar-refractivity contribution is 5.99. The van der Waals surface area contributed by atoms with Gasteiger partial charge in [-0.1, -0.05) is 42.5 Å². The van der Waals surface area contributed by atoms with Crippen molar-refractivity contribution in [2.24, 2.45) is 0 Å². The fourth-order valence-electron chi connectivity index (χ4n) is 2.04. The summed E-state index contributed by atoms with van der Waals surface area (Å²) in [6.45, 7) is 1.94. The van der Waals surface area contributed by atoms with Gasteiger partial charge in [-0.3, -0.25) is 4.79 Å². The molecule has 102 valence electrons.